The largest absolute Gasteiger partial charge is 0.416 e. The van der Waals surface area contributed by atoms with Crippen LogP contribution in [0.2, 0.25) is 0 Å². The van der Waals surface area contributed by atoms with Crippen LogP contribution in [0.15, 0.2) is 34.5 Å². The predicted octanol–water partition coefficient (Wildman–Crippen LogP) is 2.98. The van der Waals surface area contributed by atoms with Gasteiger partial charge in [-0.25, -0.2) is 0 Å². The van der Waals surface area contributed by atoms with Crippen molar-refractivity contribution in [1.82, 2.24) is 10.2 Å². The van der Waals surface area contributed by atoms with Gasteiger partial charge in [0.05, 0.1) is 12.1 Å². The summed E-state index contributed by atoms with van der Waals surface area (Å²) in [6.07, 6.45) is -4.36. The minimum atomic E-state index is -4.36. The van der Waals surface area contributed by atoms with Crippen molar-refractivity contribution < 1.29 is 13.2 Å². The Morgan fingerprint density at radius 2 is 2.05 bits per heavy atom. The second kappa shape index (κ2) is 7.19. The SMILES string of the molecule is CNCCN(C)CC1CN=NC1c1ccccc1C(F)(F)F. The van der Waals surface area contributed by atoms with E-state index in [0.717, 1.165) is 19.2 Å². The number of alkyl halides is 3. The average Bonchev–Trinajstić information content (AvgIpc) is 2.92. The number of halogens is 3. The van der Waals surface area contributed by atoms with Crippen molar-refractivity contribution in [3.05, 3.63) is 35.4 Å². The number of benzene rings is 1. The Kier molecular flexibility index (Phi) is 5.52. The molecule has 0 fully saturated rings. The van der Waals surface area contributed by atoms with E-state index < -0.39 is 17.8 Å². The first-order chi connectivity index (χ1) is 10.4. The molecule has 122 valence electrons. The van der Waals surface area contributed by atoms with Gasteiger partial charge in [0.2, 0.25) is 0 Å². The Morgan fingerprint density at radius 3 is 2.73 bits per heavy atom. The zero-order valence-electron chi connectivity index (χ0n) is 12.8. The summed E-state index contributed by atoms with van der Waals surface area (Å²) in [4.78, 5) is 2.10. The average molecular weight is 314 g/mol. The van der Waals surface area contributed by atoms with E-state index in [1.165, 1.54) is 12.1 Å². The Hall–Kier alpha value is -1.47. The maximum atomic E-state index is 13.2. The molecule has 1 aliphatic heterocycles. The number of likely N-dealkylation sites (N-methyl/N-ethyl adjacent to an activating group) is 2. The van der Waals surface area contributed by atoms with Crippen molar-refractivity contribution >= 4 is 0 Å². The van der Waals surface area contributed by atoms with Gasteiger partial charge in [-0.1, -0.05) is 18.2 Å². The van der Waals surface area contributed by atoms with Crippen LogP contribution < -0.4 is 5.32 Å². The smallest absolute Gasteiger partial charge is 0.318 e. The standard InChI is InChI=1S/C15H21F3N4/c1-19-7-8-22(2)10-11-9-20-21-14(11)12-5-3-4-6-13(12)15(16,17)18/h3-6,11,14,19H,7-10H2,1-2H3. The van der Waals surface area contributed by atoms with Crippen molar-refractivity contribution in [1.29, 1.82) is 0 Å². The molecule has 0 amide bonds. The van der Waals surface area contributed by atoms with Gasteiger partial charge in [-0.3, -0.25) is 0 Å². The molecule has 4 nitrogen and oxygen atoms in total. The molecule has 22 heavy (non-hydrogen) atoms. The normalized spacial score (nSPS) is 21.7. The third-order valence-electron chi connectivity index (χ3n) is 3.84. The number of hydrogen-bond donors (Lipinski definition) is 1. The molecule has 2 atom stereocenters. The van der Waals surface area contributed by atoms with Crippen molar-refractivity contribution in [2.75, 3.05) is 40.3 Å². The van der Waals surface area contributed by atoms with E-state index in [2.05, 4.69) is 20.4 Å². The number of hydrogen-bond acceptors (Lipinski definition) is 4. The van der Waals surface area contributed by atoms with Crippen LogP contribution in [0, 0.1) is 5.92 Å². The van der Waals surface area contributed by atoms with Crippen LogP contribution in [0.5, 0.6) is 0 Å². The van der Waals surface area contributed by atoms with Gasteiger partial charge in [-0.15, -0.1) is 0 Å². The van der Waals surface area contributed by atoms with Gasteiger partial charge in [0, 0.05) is 25.6 Å². The zero-order chi connectivity index (χ0) is 16.2. The fourth-order valence-corrected chi connectivity index (χ4v) is 2.72. The van der Waals surface area contributed by atoms with Gasteiger partial charge in [0.25, 0.3) is 0 Å². The topological polar surface area (TPSA) is 40.0 Å². The van der Waals surface area contributed by atoms with Gasteiger partial charge in [0.15, 0.2) is 0 Å². The molecule has 0 saturated carbocycles. The summed E-state index contributed by atoms with van der Waals surface area (Å²) < 4.78 is 39.5. The third kappa shape index (κ3) is 4.04. The Morgan fingerprint density at radius 1 is 1.32 bits per heavy atom. The van der Waals surface area contributed by atoms with E-state index in [-0.39, 0.29) is 11.5 Å². The highest BCUT2D eigenvalue weighted by Crippen LogP contribution is 2.40. The van der Waals surface area contributed by atoms with Crippen LogP contribution in [0.4, 0.5) is 13.2 Å². The molecule has 1 aliphatic rings. The minimum absolute atomic E-state index is 0.0228. The van der Waals surface area contributed by atoms with Crippen LogP contribution in [0.25, 0.3) is 0 Å². The summed E-state index contributed by atoms with van der Waals surface area (Å²) in [6, 6.07) is 5.14. The van der Waals surface area contributed by atoms with E-state index in [1.807, 2.05) is 14.1 Å². The quantitative estimate of drug-likeness (QED) is 0.877. The van der Waals surface area contributed by atoms with Crippen LogP contribution in [-0.4, -0.2) is 45.2 Å². The lowest BCUT2D eigenvalue weighted by Crippen LogP contribution is -2.33. The zero-order valence-corrected chi connectivity index (χ0v) is 12.8. The highest BCUT2D eigenvalue weighted by molar-refractivity contribution is 5.33. The molecule has 1 aromatic carbocycles. The Balaban J connectivity index is 2.16. The summed E-state index contributed by atoms with van der Waals surface area (Å²) in [6.45, 7) is 2.81. The lowest BCUT2D eigenvalue weighted by Gasteiger charge is -2.25. The Labute approximate surface area is 128 Å². The molecule has 0 saturated heterocycles. The lowest BCUT2D eigenvalue weighted by molar-refractivity contribution is -0.138. The monoisotopic (exact) mass is 314 g/mol. The van der Waals surface area contributed by atoms with E-state index in [0.29, 0.717) is 13.1 Å². The molecule has 0 aliphatic carbocycles. The highest BCUT2D eigenvalue weighted by Gasteiger charge is 2.38. The molecule has 2 rings (SSSR count). The molecule has 1 heterocycles. The van der Waals surface area contributed by atoms with Crippen molar-refractivity contribution in [2.24, 2.45) is 16.1 Å². The number of azo groups is 1. The number of nitrogens with zero attached hydrogens (tertiary/aromatic N) is 3. The summed E-state index contributed by atoms with van der Waals surface area (Å²) >= 11 is 0. The van der Waals surface area contributed by atoms with Gasteiger partial charge < -0.3 is 10.2 Å². The summed E-state index contributed by atoms with van der Waals surface area (Å²) in [7, 11) is 3.83. The lowest BCUT2D eigenvalue weighted by atomic mass is 9.90. The summed E-state index contributed by atoms with van der Waals surface area (Å²) in [5, 5.41) is 11.1. The Bertz CT molecular complexity index is 516. The fraction of sp³-hybridized carbons (Fsp3) is 0.600. The number of rotatable bonds is 6. The van der Waals surface area contributed by atoms with Gasteiger partial charge in [-0.2, -0.15) is 23.4 Å². The second-order valence-corrected chi connectivity index (χ2v) is 5.60. The molecule has 0 bridgehead atoms. The molecule has 2 unspecified atom stereocenters. The molecular formula is C15H21F3N4. The van der Waals surface area contributed by atoms with E-state index in [1.54, 1.807) is 6.07 Å². The van der Waals surface area contributed by atoms with Crippen molar-refractivity contribution in [3.8, 4) is 0 Å². The summed E-state index contributed by atoms with van der Waals surface area (Å²) in [5.74, 6) is -0.0228. The molecular weight excluding hydrogens is 293 g/mol. The van der Waals surface area contributed by atoms with Crippen LogP contribution in [0.1, 0.15) is 17.2 Å². The first-order valence-electron chi connectivity index (χ1n) is 7.29. The van der Waals surface area contributed by atoms with Crippen molar-refractivity contribution in [3.63, 3.8) is 0 Å². The van der Waals surface area contributed by atoms with Gasteiger partial charge in [-0.05, 0) is 25.7 Å². The highest BCUT2D eigenvalue weighted by atomic mass is 19.4. The minimum Gasteiger partial charge on any atom is -0.318 e. The molecule has 0 aromatic heterocycles. The third-order valence-corrected chi connectivity index (χ3v) is 3.84. The maximum Gasteiger partial charge on any atom is 0.416 e. The predicted molar refractivity (Wildman–Crippen MR) is 78.8 cm³/mol. The summed E-state index contributed by atoms with van der Waals surface area (Å²) in [5.41, 5.74) is -0.382. The first-order valence-corrected chi connectivity index (χ1v) is 7.29. The van der Waals surface area contributed by atoms with E-state index in [4.69, 9.17) is 0 Å². The molecule has 1 N–H and O–H groups in total. The molecule has 0 radical (unpaired) electrons. The van der Waals surface area contributed by atoms with Crippen molar-refractivity contribution in [2.45, 2.75) is 12.2 Å². The van der Waals surface area contributed by atoms with E-state index >= 15 is 0 Å². The van der Waals surface area contributed by atoms with Gasteiger partial charge in [0.1, 0.15) is 6.04 Å². The van der Waals surface area contributed by atoms with E-state index in [9.17, 15) is 13.2 Å². The molecule has 7 heteroatoms. The van der Waals surface area contributed by atoms with Gasteiger partial charge >= 0.3 is 6.18 Å². The van der Waals surface area contributed by atoms with Crippen LogP contribution in [-0.2, 0) is 6.18 Å². The number of nitrogens with one attached hydrogen (secondary N) is 1. The van der Waals surface area contributed by atoms with Crippen LogP contribution >= 0.6 is 0 Å². The second-order valence-electron chi connectivity index (χ2n) is 5.60. The first kappa shape index (κ1) is 16.9. The van der Waals surface area contributed by atoms with Crippen LogP contribution in [0.3, 0.4) is 0 Å². The molecule has 1 aromatic rings. The molecule has 0 spiro atoms. The maximum absolute atomic E-state index is 13.2. The fourth-order valence-electron chi connectivity index (χ4n) is 2.72.